The van der Waals surface area contributed by atoms with Gasteiger partial charge in [-0.05, 0) is 43.5 Å². The van der Waals surface area contributed by atoms with Gasteiger partial charge in [0.15, 0.2) is 0 Å². The summed E-state index contributed by atoms with van der Waals surface area (Å²) in [6, 6.07) is 0.527. The minimum absolute atomic E-state index is 0.527. The van der Waals surface area contributed by atoms with Crippen LogP contribution in [0.3, 0.4) is 0 Å². The van der Waals surface area contributed by atoms with Crippen molar-refractivity contribution < 1.29 is 0 Å². The summed E-state index contributed by atoms with van der Waals surface area (Å²) in [6.07, 6.45) is 16.5. The third kappa shape index (κ3) is 8.22. The second-order valence-corrected chi connectivity index (χ2v) is 9.87. The number of hydrogen-bond donors (Lipinski definition) is 1. The van der Waals surface area contributed by atoms with Crippen LogP contribution in [0, 0.1) is 6.92 Å². The fourth-order valence-electron chi connectivity index (χ4n) is 3.62. The van der Waals surface area contributed by atoms with Gasteiger partial charge in [-0.25, -0.2) is 0 Å². The van der Waals surface area contributed by atoms with Crippen molar-refractivity contribution in [1.82, 2.24) is 20.1 Å². The number of rotatable bonds is 14. The summed E-state index contributed by atoms with van der Waals surface area (Å²) in [7, 11) is 3.77. The van der Waals surface area contributed by atoms with Gasteiger partial charge in [0.05, 0.1) is 0 Å². The Morgan fingerprint density at radius 3 is 2.35 bits per heavy atom. The fraction of sp³-hybridized carbons (Fsp3) is 0.900. The number of hydrogen-bond acceptors (Lipinski definition) is 5. The van der Waals surface area contributed by atoms with Crippen molar-refractivity contribution in [2.24, 2.45) is 0 Å². The lowest BCUT2D eigenvalue weighted by Gasteiger charge is -2.25. The Morgan fingerprint density at radius 2 is 1.69 bits per heavy atom. The highest BCUT2D eigenvalue weighted by Crippen LogP contribution is 2.33. The molecule has 1 fully saturated rings. The predicted octanol–water partition coefficient (Wildman–Crippen LogP) is 6.17. The summed E-state index contributed by atoms with van der Waals surface area (Å²) in [5, 5.41) is 13.3. The van der Waals surface area contributed by atoms with E-state index in [1.54, 1.807) is 0 Å². The van der Waals surface area contributed by atoms with E-state index in [0.29, 0.717) is 6.04 Å². The minimum atomic E-state index is 0.527. The molecular weight excluding hydrogens is 360 g/mol. The molecule has 1 aromatic rings. The molecule has 0 aromatic carbocycles. The molecule has 0 saturated carbocycles. The lowest BCUT2D eigenvalue weighted by Crippen LogP contribution is -2.32. The van der Waals surface area contributed by atoms with Crippen LogP contribution in [0.5, 0.6) is 0 Å². The highest BCUT2D eigenvalue weighted by molar-refractivity contribution is 8.76. The summed E-state index contributed by atoms with van der Waals surface area (Å²) in [6.45, 7) is 6.57. The van der Waals surface area contributed by atoms with E-state index in [1.165, 1.54) is 82.8 Å². The van der Waals surface area contributed by atoms with Crippen molar-refractivity contribution in [3.05, 3.63) is 5.82 Å². The molecular formula is C20H38N4S2. The highest BCUT2D eigenvalue weighted by Gasteiger charge is 2.21. The maximum Gasteiger partial charge on any atom is 0.202 e. The third-order valence-corrected chi connectivity index (χ3v) is 7.49. The fourth-order valence-corrected chi connectivity index (χ4v) is 5.83. The Hall–Kier alpha value is -0.200. The predicted molar refractivity (Wildman–Crippen MR) is 116 cm³/mol. The van der Waals surface area contributed by atoms with Crippen LogP contribution in [0.25, 0.3) is 0 Å². The van der Waals surface area contributed by atoms with Crippen LogP contribution >= 0.6 is 21.6 Å². The van der Waals surface area contributed by atoms with Crippen molar-refractivity contribution in [1.29, 1.82) is 0 Å². The maximum atomic E-state index is 4.41. The van der Waals surface area contributed by atoms with E-state index in [1.807, 2.05) is 21.6 Å². The Bertz CT molecular complexity index is 472. The molecule has 6 heteroatoms. The van der Waals surface area contributed by atoms with E-state index in [2.05, 4.69) is 33.9 Å². The molecule has 1 unspecified atom stereocenters. The SMILES string of the molecule is CCCCCCCCCCCCSSc1nnc(C)n1C1CCCNC1. The first-order valence-electron chi connectivity index (χ1n) is 10.7. The largest absolute Gasteiger partial charge is 0.315 e. The average molecular weight is 399 g/mol. The van der Waals surface area contributed by atoms with Gasteiger partial charge in [-0.15, -0.1) is 10.2 Å². The molecule has 1 atom stereocenters. The number of nitrogens with zero attached hydrogens (tertiary/aromatic N) is 3. The van der Waals surface area contributed by atoms with Gasteiger partial charge < -0.3 is 9.88 Å². The summed E-state index contributed by atoms with van der Waals surface area (Å²) >= 11 is 0. The second kappa shape index (κ2) is 13.9. The first kappa shape index (κ1) is 22.1. The second-order valence-electron chi connectivity index (χ2n) is 7.49. The van der Waals surface area contributed by atoms with Crippen LogP contribution in [0.4, 0.5) is 0 Å². The molecule has 150 valence electrons. The number of piperidine rings is 1. The Balaban J connectivity index is 1.51. The Labute approximate surface area is 168 Å². The monoisotopic (exact) mass is 398 g/mol. The number of nitrogens with one attached hydrogen (secondary N) is 1. The normalized spacial score (nSPS) is 17.7. The van der Waals surface area contributed by atoms with Gasteiger partial charge in [-0.2, -0.15) is 0 Å². The quantitative estimate of drug-likeness (QED) is 0.300. The smallest absolute Gasteiger partial charge is 0.202 e. The Morgan fingerprint density at radius 1 is 1.00 bits per heavy atom. The number of aromatic nitrogens is 3. The molecule has 1 N–H and O–H groups in total. The standard InChI is InChI=1S/C20H38N4S2/c1-3-4-5-6-7-8-9-10-11-12-16-25-26-20-23-22-18(2)24(20)19-14-13-15-21-17-19/h19,21H,3-17H2,1-2H3. The van der Waals surface area contributed by atoms with E-state index in [9.17, 15) is 0 Å². The van der Waals surface area contributed by atoms with E-state index < -0.39 is 0 Å². The lowest BCUT2D eigenvalue weighted by molar-refractivity contribution is 0.349. The van der Waals surface area contributed by atoms with Gasteiger partial charge in [-0.3, -0.25) is 0 Å². The molecule has 26 heavy (non-hydrogen) atoms. The lowest BCUT2D eigenvalue weighted by atomic mass is 10.1. The van der Waals surface area contributed by atoms with Crippen molar-refractivity contribution in [2.75, 3.05) is 18.8 Å². The first-order chi connectivity index (χ1) is 12.8. The Kier molecular flexibility index (Phi) is 11.8. The van der Waals surface area contributed by atoms with E-state index in [4.69, 9.17) is 0 Å². The zero-order valence-electron chi connectivity index (χ0n) is 16.8. The molecule has 2 rings (SSSR count). The highest BCUT2D eigenvalue weighted by atomic mass is 33.1. The van der Waals surface area contributed by atoms with Crippen LogP contribution in [0.1, 0.15) is 95.8 Å². The zero-order chi connectivity index (χ0) is 18.5. The van der Waals surface area contributed by atoms with Crippen LogP contribution in [-0.4, -0.2) is 33.6 Å². The van der Waals surface area contributed by atoms with Gasteiger partial charge in [0.25, 0.3) is 0 Å². The van der Waals surface area contributed by atoms with Crippen LogP contribution < -0.4 is 5.32 Å². The molecule has 0 bridgehead atoms. The van der Waals surface area contributed by atoms with E-state index in [-0.39, 0.29) is 0 Å². The van der Waals surface area contributed by atoms with Gasteiger partial charge >= 0.3 is 0 Å². The average Bonchev–Trinajstić information content (AvgIpc) is 3.04. The summed E-state index contributed by atoms with van der Waals surface area (Å²) in [5.74, 6) is 2.27. The minimum Gasteiger partial charge on any atom is -0.315 e. The summed E-state index contributed by atoms with van der Waals surface area (Å²) in [4.78, 5) is 0. The van der Waals surface area contributed by atoms with Crippen LogP contribution in [0.2, 0.25) is 0 Å². The molecule has 0 spiro atoms. The van der Waals surface area contributed by atoms with Crippen LogP contribution in [0.15, 0.2) is 5.16 Å². The first-order valence-corrected chi connectivity index (χ1v) is 13.1. The van der Waals surface area contributed by atoms with Crippen molar-refractivity contribution in [3.8, 4) is 0 Å². The summed E-state index contributed by atoms with van der Waals surface area (Å²) in [5.41, 5.74) is 0. The number of aryl methyl sites for hydroxylation is 1. The van der Waals surface area contributed by atoms with Gasteiger partial charge in [0.1, 0.15) is 5.82 Å². The molecule has 1 aromatic heterocycles. The van der Waals surface area contributed by atoms with E-state index in [0.717, 1.165) is 24.1 Å². The molecule has 0 radical (unpaired) electrons. The van der Waals surface area contributed by atoms with E-state index >= 15 is 0 Å². The van der Waals surface area contributed by atoms with Gasteiger partial charge in [0, 0.05) is 18.3 Å². The molecule has 0 aliphatic carbocycles. The molecule has 1 aliphatic rings. The van der Waals surface area contributed by atoms with Crippen LogP contribution in [-0.2, 0) is 0 Å². The zero-order valence-corrected chi connectivity index (χ0v) is 18.5. The topological polar surface area (TPSA) is 42.7 Å². The maximum absolute atomic E-state index is 4.41. The van der Waals surface area contributed by atoms with Crippen molar-refractivity contribution in [2.45, 2.75) is 102 Å². The molecule has 1 saturated heterocycles. The third-order valence-electron chi connectivity index (χ3n) is 5.19. The summed E-state index contributed by atoms with van der Waals surface area (Å²) < 4.78 is 2.35. The molecule has 1 aliphatic heterocycles. The molecule has 2 heterocycles. The molecule has 4 nitrogen and oxygen atoms in total. The van der Waals surface area contributed by atoms with Gasteiger partial charge in [-0.1, -0.05) is 75.5 Å². The molecule has 0 amide bonds. The van der Waals surface area contributed by atoms with Crippen molar-refractivity contribution >= 4 is 21.6 Å². The van der Waals surface area contributed by atoms with Gasteiger partial charge in [0.2, 0.25) is 5.16 Å². The van der Waals surface area contributed by atoms with Crippen molar-refractivity contribution in [3.63, 3.8) is 0 Å². The number of unbranched alkanes of at least 4 members (excludes halogenated alkanes) is 9.